The first-order valence-corrected chi connectivity index (χ1v) is 10.1. The van der Waals surface area contributed by atoms with Gasteiger partial charge in [0, 0.05) is 31.6 Å². The summed E-state index contributed by atoms with van der Waals surface area (Å²) in [4.78, 5) is 12.0. The van der Waals surface area contributed by atoms with Crippen molar-refractivity contribution in [1.82, 2.24) is 16.0 Å². The minimum absolute atomic E-state index is 0.299. The Balaban J connectivity index is 1.34. The molecule has 0 saturated heterocycles. The minimum atomic E-state index is 0.299. The Kier molecular flexibility index (Phi) is 9.65. The number of nitrogens with one attached hydrogen (secondary N) is 3. The number of carbonyl (C=O) groups excluding carboxylic acids is 1. The summed E-state index contributed by atoms with van der Waals surface area (Å²) in [6.45, 7) is 4.05. The van der Waals surface area contributed by atoms with E-state index in [9.17, 15) is 4.79 Å². The average molecular weight is 324 g/mol. The van der Waals surface area contributed by atoms with Crippen molar-refractivity contribution in [3.63, 3.8) is 0 Å². The second kappa shape index (κ2) is 11.9. The normalized spacial score (nSPS) is 20.5. The molecule has 0 spiro atoms. The predicted octanol–water partition coefficient (Wildman–Crippen LogP) is 2.98. The molecule has 134 valence electrons. The number of unbranched alkanes of at least 4 members (excludes halogenated alkanes) is 1. The standard InChI is InChI=1S/C19H37N3O/c23-19(17-9-3-1-4-10-17)22-14-8-7-13-20-15-16-21-18-11-5-2-6-12-18/h17-18,20-21H,1-16H2,(H,22,23). The van der Waals surface area contributed by atoms with E-state index in [0.29, 0.717) is 11.8 Å². The molecule has 2 rings (SSSR count). The van der Waals surface area contributed by atoms with Gasteiger partial charge in [-0.3, -0.25) is 4.79 Å². The summed E-state index contributed by atoms with van der Waals surface area (Å²) >= 11 is 0. The molecule has 1 amide bonds. The molecule has 0 aromatic rings. The molecule has 2 fully saturated rings. The molecule has 0 atom stereocenters. The molecule has 0 unspecified atom stereocenters. The molecule has 0 radical (unpaired) electrons. The van der Waals surface area contributed by atoms with Gasteiger partial charge in [0.2, 0.25) is 5.91 Å². The smallest absolute Gasteiger partial charge is 0.223 e. The first-order chi connectivity index (χ1) is 11.4. The predicted molar refractivity (Wildman–Crippen MR) is 96.6 cm³/mol. The van der Waals surface area contributed by atoms with Crippen LogP contribution in [-0.2, 0) is 4.79 Å². The fourth-order valence-corrected chi connectivity index (χ4v) is 3.89. The van der Waals surface area contributed by atoms with Crippen molar-refractivity contribution in [3.05, 3.63) is 0 Å². The first-order valence-electron chi connectivity index (χ1n) is 10.1. The summed E-state index contributed by atoms with van der Waals surface area (Å²) in [7, 11) is 0. The van der Waals surface area contributed by atoms with Crippen molar-refractivity contribution in [2.75, 3.05) is 26.2 Å². The van der Waals surface area contributed by atoms with Crippen LogP contribution in [0.25, 0.3) is 0 Å². The van der Waals surface area contributed by atoms with E-state index < -0.39 is 0 Å². The number of rotatable bonds is 10. The highest BCUT2D eigenvalue weighted by Gasteiger charge is 2.20. The molecule has 0 aliphatic heterocycles. The average Bonchev–Trinajstić information content (AvgIpc) is 2.61. The number of amides is 1. The molecular formula is C19H37N3O. The van der Waals surface area contributed by atoms with Crippen LogP contribution in [0.1, 0.15) is 77.0 Å². The summed E-state index contributed by atoms with van der Waals surface area (Å²) in [6.07, 6.45) is 15.2. The van der Waals surface area contributed by atoms with Crippen molar-refractivity contribution in [1.29, 1.82) is 0 Å². The van der Waals surface area contributed by atoms with Crippen LogP contribution in [0.2, 0.25) is 0 Å². The van der Waals surface area contributed by atoms with Gasteiger partial charge in [-0.05, 0) is 45.1 Å². The van der Waals surface area contributed by atoms with Crippen LogP contribution >= 0.6 is 0 Å². The van der Waals surface area contributed by atoms with Gasteiger partial charge in [-0.2, -0.15) is 0 Å². The highest BCUT2D eigenvalue weighted by molar-refractivity contribution is 5.78. The van der Waals surface area contributed by atoms with Gasteiger partial charge < -0.3 is 16.0 Å². The van der Waals surface area contributed by atoms with E-state index in [1.807, 2.05) is 0 Å². The third-order valence-electron chi connectivity index (χ3n) is 5.40. The monoisotopic (exact) mass is 323 g/mol. The summed E-state index contributed by atoms with van der Waals surface area (Å²) in [5.74, 6) is 0.599. The van der Waals surface area contributed by atoms with Crippen LogP contribution in [0, 0.1) is 5.92 Å². The molecular weight excluding hydrogens is 286 g/mol. The van der Waals surface area contributed by atoms with Crippen molar-refractivity contribution in [2.24, 2.45) is 5.92 Å². The van der Waals surface area contributed by atoms with E-state index in [2.05, 4.69) is 16.0 Å². The molecule has 23 heavy (non-hydrogen) atoms. The van der Waals surface area contributed by atoms with Gasteiger partial charge >= 0.3 is 0 Å². The zero-order chi connectivity index (χ0) is 16.2. The Morgan fingerprint density at radius 1 is 0.739 bits per heavy atom. The molecule has 0 aromatic carbocycles. The summed E-state index contributed by atoms with van der Waals surface area (Å²) in [6, 6.07) is 0.764. The Hall–Kier alpha value is -0.610. The zero-order valence-corrected chi connectivity index (χ0v) is 14.9. The van der Waals surface area contributed by atoms with E-state index in [-0.39, 0.29) is 0 Å². The van der Waals surface area contributed by atoms with Gasteiger partial charge in [0.1, 0.15) is 0 Å². The van der Waals surface area contributed by atoms with Crippen LogP contribution in [0.5, 0.6) is 0 Å². The maximum atomic E-state index is 12.0. The molecule has 0 bridgehead atoms. The lowest BCUT2D eigenvalue weighted by Crippen LogP contribution is -2.36. The maximum Gasteiger partial charge on any atom is 0.223 e. The van der Waals surface area contributed by atoms with Gasteiger partial charge in [0.25, 0.3) is 0 Å². The zero-order valence-electron chi connectivity index (χ0n) is 14.9. The molecule has 4 heteroatoms. The van der Waals surface area contributed by atoms with Crippen molar-refractivity contribution >= 4 is 5.91 Å². The third-order valence-corrected chi connectivity index (χ3v) is 5.40. The summed E-state index contributed by atoms with van der Waals surface area (Å²) in [5, 5.41) is 10.3. The highest BCUT2D eigenvalue weighted by atomic mass is 16.1. The van der Waals surface area contributed by atoms with Crippen LogP contribution in [-0.4, -0.2) is 38.1 Å². The number of carbonyl (C=O) groups is 1. The van der Waals surface area contributed by atoms with Crippen LogP contribution in [0.15, 0.2) is 0 Å². The fourth-order valence-electron chi connectivity index (χ4n) is 3.89. The molecule has 3 N–H and O–H groups in total. The lowest BCUT2D eigenvalue weighted by Gasteiger charge is -2.22. The van der Waals surface area contributed by atoms with Gasteiger partial charge in [0.05, 0.1) is 0 Å². The third kappa shape index (κ3) is 8.16. The molecule has 2 aliphatic rings. The van der Waals surface area contributed by atoms with Crippen LogP contribution in [0.3, 0.4) is 0 Å². The highest BCUT2D eigenvalue weighted by Crippen LogP contribution is 2.23. The quantitative estimate of drug-likeness (QED) is 0.542. The van der Waals surface area contributed by atoms with E-state index in [4.69, 9.17) is 0 Å². The van der Waals surface area contributed by atoms with Gasteiger partial charge in [0.15, 0.2) is 0 Å². The SMILES string of the molecule is O=C(NCCCCNCCNC1CCCCC1)C1CCCCC1. The number of hydrogen-bond acceptors (Lipinski definition) is 3. The van der Waals surface area contributed by atoms with Gasteiger partial charge in [-0.15, -0.1) is 0 Å². The lowest BCUT2D eigenvalue weighted by molar-refractivity contribution is -0.125. The minimum Gasteiger partial charge on any atom is -0.356 e. The van der Waals surface area contributed by atoms with E-state index in [1.165, 1.54) is 51.4 Å². The van der Waals surface area contributed by atoms with Crippen molar-refractivity contribution in [2.45, 2.75) is 83.1 Å². The lowest BCUT2D eigenvalue weighted by atomic mass is 9.89. The molecule has 2 aliphatic carbocycles. The van der Waals surface area contributed by atoms with Crippen molar-refractivity contribution < 1.29 is 4.79 Å². The Labute approximate surface area is 142 Å². The van der Waals surface area contributed by atoms with Gasteiger partial charge in [-0.25, -0.2) is 0 Å². The van der Waals surface area contributed by atoms with Crippen LogP contribution in [0.4, 0.5) is 0 Å². The Morgan fingerprint density at radius 2 is 1.39 bits per heavy atom. The molecule has 0 aromatic heterocycles. The van der Waals surface area contributed by atoms with E-state index in [0.717, 1.165) is 57.9 Å². The van der Waals surface area contributed by atoms with Gasteiger partial charge in [-0.1, -0.05) is 38.5 Å². The summed E-state index contributed by atoms with van der Waals surface area (Å²) in [5.41, 5.74) is 0. The maximum absolute atomic E-state index is 12.0. The van der Waals surface area contributed by atoms with Crippen LogP contribution < -0.4 is 16.0 Å². The van der Waals surface area contributed by atoms with E-state index >= 15 is 0 Å². The first kappa shape index (κ1) is 18.7. The molecule has 0 heterocycles. The summed E-state index contributed by atoms with van der Waals surface area (Å²) < 4.78 is 0. The van der Waals surface area contributed by atoms with Crippen molar-refractivity contribution in [3.8, 4) is 0 Å². The molecule has 2 saturated carbocycles. The molecule has 4 nitrogen and oxygen atoms in total. The second-order valence-electron chi connectivity index (χ2n) is 7.37. The number of hydrogen-bond donors (Lipinski definition) is 3. The second-order valence-corrected chi connectivity index (χ2v) is 7.37. The Bertz CT molecular complexity index is 310. The Morgan fingerprint density at radius 3 is 2.13 bits per heavy atom. The fraction of sp³-hybridized carbons (Fsp3) is 0.947. The topological polar surface area (TPSA) is 53.2 Å². The van der Waals surface area contributed by atoms with E-state index in [1.54, 1.807) is 0 Å². The largest absolute Gasteiger partial charge is 0.356 e.